The molecule has 1 amide bonds. The van der Waals surface area contributed by atoms with Crippen molar-refractivity contribution in [3.8, 4) is 0 Å². The van der Waals surface area contributed by atoms with E-state index in [1.807, 2.05) is 0 Å². The molecule has 0 saturated carbocycles. The summed E-state index contributed by atoms with van der Waals surface area (Å²) < 4.78 is 38.4. The first kappa shape index (κ1) is 13.9. The van der Waals surface area contributed by atoms with Gasteiger partial charge >= 0.3 is 12.1 Å². The van der Waals surface area contributed by atoms with Crippen molar-refractivity contribution in [3.05, 3.63) is 11.4 Å². The van der Waals surface area contributed by atoms with Gasteiger partial charge in [0, 0.05) is 7.05 Å². The molecule has 1 rings (SSSR count). The van der Waals surface area contributed by atoms with Gasteiger partial charge in [-0.3, -0.25) is 4.79 Å². The molecule has 2 N–H and O–H groups in total. The Hall–Kier alpha value is -2.13. The predicted molar refractivity (Wildman–Crippen MR) is 50.8 cm³/mol. The zero-order valence-electron chi connectivity index (χ0n) is 9.32. The third kappa shape index (κ3) is 2.41. The number of carboxylic acids is 1. The van der Waals surface area contributed by atoms with E-state index in [1.165, 1.54) is 7.05 Å². The number of hydrogen-bond acceptors (Lipinski definition) is 4. The molecule has 1 aromatic heterocycles. The molecule has 1 aromatic rings. The molecule has 0 fully saturated rings. The van der Waals surface area contributed by atoms with Crippen molar-refractivity contribution in [2.24, 2.45) is 0 Å². The molecule has 100 valence electrons. The molecule has 1 unspecified atom stereocenters. The zero-order valence-corrected chi connectivity index (χ0v) is 9.32. The third-order valence-corrected chi connectivity index (χ3v) is 2.16. The molecule has 0 spiro atoms. The van der Waals surface area contributed by atoms with Crippen molar-refractivity contribution in [1.82, 2.24) is 20.3 Å². The Morgan fingerprint density at radius 1 is 1.44 bits per heavy atom. The largest absolute Gasteiger partial charge is 0.476 e. The Balaban J connectivity index is 3.38. The van der Waals surface area contributed by atoms with E-state index in [2.05, 4.69) is 15.6 Å². The van der Waals surface area contributed by atoms with E-state index in [-0.39, 0.29) is 4.68 Å². The number of amides is 1. The van der Waals surface area contributed by atoms with Crippen LogP contribution in [0.15, 0.2) is 0 Å². The van der Waals surface area contributed by atoms with Crippen LogP contribution in [0.4, 0.5) is 13.2 Å². The first-order valence-corrected chi connectivity index (χ1v) is 4.67. The molecule has 0 aromatic carbocycles. The first-order chi connectivity index (χ1) is 8.20. The minimum absolute atomic E-state index is 0.238. The Morgan fingerprint density at radius 2 is 2.00 bits per heavy atom. The Labute approximate surface area is 98.6 Å². The molecule has 0 radical (unpaired) electrons. The molecular formula is C8H9F3N4O3. The highest BCUT2D eigenvalue weighted by Gasteiger charge is 2.43. The van der Waals surface area contributed by atoms with E-state index in [4.69, 9.17) is 5.11 Å². The maximum atomic E-state index is 12.7. The van der Waals surface area contributed by atoms with Crippen molar-refractivity contribution in [2.75, 3.05) is 7.05 Å². The monoisotopic (exact) mass is 266 g/mol. The lowest BCUT2D eigenvalue weighted by molar-refractivity contribution is -0.146. The lowest BCUT2D eigenvalue weighted by Crippen LogP contribution is -2.31. The van der Waals surface area contributed by atoms with Crippen LogP contribution in [0, 0.1) is 0 Å². The number of aromatic nitrogens is 3. The number of nitrogens with one attached hydrogen (secondary N) is 1. The van der Waals surface area contributed by atoms with Crippen LogP contribution in [0.5, 0.6) is 0 Å². The summed E-state index contributed by atoms with van der Waals surface area (Å²) in [6, 6.07) is -1.33. The van der Waals surface area contributed by atoms with Crippen molar-refractivity contribution in [1.29, 1.82) is 0 Å². The van der Waals surface area contributed by atoms with Gasteiger partial charge in [-0.15, -0.1) is 5.10 Å². The molecule has 10 heteroatoms. The number of aromatic carboxylic acids is 1. The molecule has 0 aliphatic carbocycles. The number of carbonyl (C=O) groups is 2. The second-order valence-electron chi connectivity index (χ2n) is 3.32. The molecule has 7 nitrogen and oxygen atoms in total. The first-order valence-electron chi connectivity index (χ1n) is 4.67. The lowest BCUT2D eigenvalue weighted by atomic mass is 10.2. The number of alkyl halides is 3. The molecule has 0 saturated heterocycles. The highest BCUT2D eigenvalue weighted by molar-refractivity contribution is 5.87. The van der Waals surface area contributed by atoms with Gasteiger partial charge in [-0.1, -0.05) is 5.21 Å². The number of carbonyl (C=O) groups excluding carboxylic acids is 1. The summed E-state index contributed by atoms with van der Waals surface area (Å²) >= 11 is 0. The molecule has 1 heterocycles. The maximum absolute atomic E-state index is 12.7. The summed E-state index contributed by atoms with van der Waals surface area (Å²) in [6.45, 7) is 1.15. The maximum Gasteiger partial charge on any atom is 0.435 e. The van der Waals surface area contributed by atoms with Crippen molar-refractivity contribution in [2.45, 2.75) is 19.1 Å². The normalized spacial score (nSPS) is 13.2. The molecular weight excluding hydrogens is 257 g/mol. The second-order valence-corrected chi connectivity index (χ2v) is 3.32. The van der Waals surface area contributed by atoms with Gasteiger partial charge in [-0.2, -0.15) is 13.2 Å². The molecule has 0 aliphatic heterocycles. The van der Waals surface area contributed by atoms with Gasteiger partial charge in [0.1, 0.15) is 6.04 Å². The minimum atomic E-state index is -4.97. The fraction of sp³-hybridized carbons (Fsp3) is 0.500. The van der Waals surface area contributed by atoms with Gasteiger partial charge in [0.05, 0.1) is 0 Å². The average Bonchev–Trinajstić information content (AvgIpc) is 2.71. The predicted octanol–water partition coefficient (Wildman–Crippen LogP) is 0.302. The number of rotatable bonds is 3. The van der Waals surface area contributed by atoms with E-state index in [9.17, 15) is 22.8 Å². The van der Waals surface area contributed by atoms with E-state index in [1.54, 1.807) is 0 Å². The van der Waals surface area contributed by atoms with Crippen molar-refractivity contribution < 1.29 is 27.9 Å². The molecule has 1 atom stereocenters. The Morgan fingerprint density at radius 3 is 2.39 bits per heavy atom. The summed E-state index contributed by atoms with van der Waals surface area (Å²) in [6.07, 6.45) is -4.97. The van der Waals surface area contributed by atoms with Gasteiger partial charge in [-0.05, 0) is 6.92 Å². The van der Waals surface area contributed by atoms with Gasteiger partial charge in [0.25, 0.3) is 0 Å². The van der Waals surface area contributed by atoms with Crippen LogP contribution in [0.25, 0.3) is 0 Å². The number of carboxylic acid groups (broad SMARTS) is 1. The van der Waals surface area contributed by atoms with E-state index in [0.717, 1.165) is 6.92 Å². The Bertz CT molecular complexity index is 482. The van der Waals surface area contributed by atoms with Crippen LogP contribution in [0.3, 0.4) is 0 Å². The van der Waals surface area contributed by atoms with Crippen LogP contribution < -0.4 is 5.32 Å². The molecule has 0 bridgehead atoms. The van der Waals surface area contributed by atoms with Crippen LogP contribution in [0.2, 0.25) is 0 Å². The SMILES string of the molecule is CNC(=O)C(C)n1nnc(C(=O)O)c1C(F)(F)F. The van der Waals surface area contributed by atoms with Crippen LogP contribution in [0.1, 0.15) is 29.1 Å². The standard InChI is InChI=1S/C8H9F3N4O3/c1-3(6(16)12-2)15-5(8(9,10)11)4(7(17)18)13-14-15/h3H,1-2H3,(H,12,16)(H,17,18). The second kappa shape index (κ2) is 4.63. The van der Waals surface area contributed by atoms with Gasteiger partial charge in [0.2, 0.25) is 11.6 Å². The number of nitrogens with zero attached hydrogens (tertiary/aromatic N) is 3. The zero-order chi connectivity index (χ0) is 14.1. The average molecular weight is 266 g/mol. The van der Waals surface area contributed by atoms with Gasteiger partial charge in [0.15, 0.2) is 5.69 Å². The van der Waals surface area contributed by atoms with Gasteiger partial charge in [-0.25, -0.2) is 9.48 Å². The smallest absolute Gasteiger partial charge is 0.435 e. The van der Waals surface area contributed by atoms with E-state index < -0.39 is 35.5 Å². The summed E-state index contributed by atoms with van der Waals surface area (Å²) in [5.74, 6) is -2.61. The van der Waals surface area contributed by atoms with Crippen molar-refractivity contribution in [3.63, 3.8) is 0 Å². The topological polar surface area (TPSA) is 97.1 Å². The number of hydrogen-bond donors (Lipinski definition) is 2. The fourth-order valence-corrected chi connectivity index (χ4v) is 1.29. The highest BCUT2D eigenvalue weighted by Crippen LogP contribution is 2.32. The minimum Gasteiger partial charge on any atom is -0.476 e. The Kier molecular flexibility index (Phi) is 3.58. The van der Waals surface area contributed by atoms with Gasteiger partial charge < -0.3 is 10.4 Å². The highest BCUT2D eigenvalue weighted by atomic mass is 19.4. The summed E-state index contributed by atoms with van der Waals surface area (Å²) in [4.78, 5) is 21.9. The van der Waals surface area contributed by atoms with Crippen LogP contribution in [-0.2, 0) is 11.0 Å². The fourth-order valence-electron chi connectivity index (χ4n) is 1.29. The molecule has 0 aliphatic rings. The van der Waals surface area contributed by atoms with Crippen LogP contribution >= 0.6 is 0 Å². The molecule has 18 heavy (non-hydrogen) atoms. The summed E-state index contributed by atoms with van der Waals surface area (Å²) in [5, 5.41) is 16.8. The third-order valence-electron chi connectivity index (χ3n) is 2.16. The summed E-state index contributed by atoms with van der Waals surface area (Å²) in [5.41, 5.74) is -2.80. The quantitative estimate of drug-likeness (QED) is 0.820. The number of likely N-dealkylation sites (N-methyl/N-ethyl adjacent to an activating group) is 1. The number of halogens is 3. The lowest BCUT2D eigenvalue weighted by Gasteiger charge is -2.14. The summed E-state index contributed by atoms with van der Waals surface area (Å²) in [7, 11) is 1.24. The van der Waals surface area contributed by atoms with E-state index in [0.29, 0.717) is 0 Å². The van der Waals surface area contributed by atoms with Crippen LogP contribution in [-0.4, -0.2) is 39.0 Å². The van der Waals surface area contributed by atoms with E-state index >= 15 is 0 Å². The van der Waals surface area contributed by atoms with Crippen molar-refractivity contribution >= 4 is 11.9 Å².